The van der Waals surface area contributed by atoms with Crippen LogP contribution in [0.15, 0.2) is 38.4 Å². The molecule has 10 nitrogen and oxygen atoms in total. The molecule has 0 N–H and O–H groups in total. The maximum Gasteiger partial charge on any atom is 0.368 e. The van der Waals surface area contributed by atoms with E-state index in [0.717, 1.165) is 11.1 Å². The Balaban J connectivity index is 2.20. The number of hydrogen-bond donors (Lipinski definition) is 0. The number of tetrazole rings is 1. The quantitative estimate of drug-likeness (QED) is 0.198. The normalized spacial score (nSPS) is 12.9. The Bertz CT molecular complexity index is 1010. The van der Waals surface area contributed by atoms with E-state index in [0.29, 0.717) is 35.4 Å². The van der Waals surface area contributed by atoms with E-state index in [1.807, 2.05) is 32.2 Å². The topological polar surface area (TPSA) is 108 Å². The van der Waals surface area contributed by atoms with Crippen LogP contribution in [0.2, 0.25) is 0 Å². The molecule has 0 saturated carbocycles. The summed E-state index contributed by atoms with van der Waals surface area (Å²) in [7, 11) is 1.55. The molecule has 1 aromatic carbocycles. The van der Waals surface area contributed by atoms with Crippen molar-refractivity contribution in [2.75, 3.05) is 12.2 Å². The molecule has 0 aliphatic heterocycles. The highest BCUT2D eigenvalue weighted by Gasteiger charge is 2.14. The minimum Gasteiger partial charge on any atom is -0.475 e. The standard InChI is InChI=1S/C19H27N7O3S/c1-7-18(21-20-14(3)15(4)22-29-12-30-6)28-11-16-13(2)9-8-10-17(16)26-19(27)25(5)23-24-26/h8-10H,7,11-12H2,1-6H3/b20-14+,21-18+,22-15+. The van der Waals surface area contributed by atoms with E-state index < -0.39 is 0 Å². The van der Waals surface area contributed by atoms with Crippen LogP contribution < -0.4 is 5.69 Å². The molecule has 0 spiro atoms. The number of oxime groups is 1. The lowest BCUT2D eigenvalue weighted by atomic mass is 10.1. The first-order chi connectivity index (χ1) is 14.4. The van der Waals surface area contributed by atoms with E-state index in [9.17, 15) is 4.79 Å². The highest BCUT2D eigenvalue weighted by atomic mass is 32.2. The number of benzene rings is 1. The number of ether oxygens (including phenoxy) is 1. The molecule has 1 aromatic heterocycles. The van der Waals surface area contributed by atoms with Crippen molar-refractivity contribution in [2.24, 2.45) is 22.4 Å². The monoisotopic (exact) mass is 433 g/mol. The van der Waals surface area contributed by atoms with E-state index in [1.165, 1.54) is 21.1 Å². The van der Waals surface area contributed by atoms with Crippen LogP contribution >= 0.6 is 11.8 Å². The number of hydrogen-bond acceptors (Lipinski definition) is 9. The second kappa shape index (κ2) is 11.3. The first-order valence-electron chi connectivity index (χ1n) is 9.36. The number of aryl methyl sites for hydroxylation is 2. The van der Waals surface area contributed by atoms with Crippen molar-refractivity contribution >= 4 is 29.1 Å². The summed E-state index contributed by atoms with van der Waals surface area (Å²) >= 11 is 1.54. The van der Waals surface area contributed by atoms with Gasteiger partial charge in [0, 0.05) is 19.0 Å². The molecule has 30 heavy (non-hydrogen) atoms. The van der Waals surface area contributed by atoms with Gasteiger partial charge in [-0.25, -0.2) is 4.79 Å². The molecule has 0 fully saturated rings. The predicted molar refractivity (Wildman–Crippen MR) is 120 cm³/mol. The van der Waals surface area contributed by atoms with Gasteiger partial charge in [0.25, 0.3) is 0 Å². The van der Waals surface area contributed by atoms with Crippen molar-refractivity contribution < 1.29 is 9.57 Å². The van der Waals surface area contributed by atoms with Crippen LogP contribution in [0.1, 0.15) is 38.3 Å². The van der Waals surface area contributed by atoms with Crippen LogP contribution in [-0.2, 0) is 23.2 Å². The molecule has 0 atom stereocenters. The Morgan fingerprint density at radius 2 is 1.97 bits per heavy atom. The van der Waals surface area contributed by atoms with Crippen LogP contribution in [0, 0.1) is 6.92 Å². The van der Waals surface area contributed by atoms with Crippen molar-refractivity contribution in [1.29, 1.82) is 0 Å². The highest BCUT2D eigenvalue weighted by Crippen LogP contribution is 2.18. The van der Waals surface area contributed by atoms with Gasteiger partial charge in [0.15, 0.2) is 5.94 Å². The van der Waals surface area contributed by atoms with Gasteiger partial charge in [0.05, 0.1) is 17.1 Å². The Hall–Kier alpha value is -2.95. The lowest BCUT2D eigenvalue weighted by Gasteiger charge is -2.13. The Morgan fingerprint density at radius 1 is 1.20 bits per heavy atom. The molecule has 1 heterocycles. The van der Waals surface area contributed by atoms with Gasteiger partial charge >= 0.3 is 5.69 Å². The third-order valence-electron chi connectivity index (χ3n) is 4.23. The lowest BCUT2D eigenvalue weighted by molar-refractivity contribution is 0.197. The average Bonchev–Trinajstić information content (AvgIpc) is 3.07. The van der Waals surface area contributed by atoms with E-state index in [4.69, 9.17) is 9.57 Å². The number of aromatic nitrogens is 4. The van der Waals surface area contributed by atoms with Gasteiger partial charge in [-0.05, 0) is 49.1 Å². The molecule has 0 saturated heterocycles. The van der Waals surface area contributed by atoms with Crippen LogP contribution in [0.5, 0.6) is 0 Å². The Morgan fingerprint density at radius 3 is 2.60 bits per heavy atom. The van der Waals surface area contributed by atoms with Crippen LogP contribution in [0.25, 0.3) is 5.69 Å². The molecule has 2 rings (SSSR count). The van der Waals surface area contributed by atoms with Crippen molar-refractivity contribution in [3.63, 3.8) is 0 Å². The molecule has 11 heteroatoms. The summed E-state index contributed by atoms with van der Waals surface area (Å²) in [6, 6.07) is 5.61. The van der Waals surface area contributed by atoms with Crippen molar-refractivity contribution in [3.05, 3.63) is 39.8 Å². The van der Waals surface area contributed by atoms with Crippen molar-refractivity contribution in [2.45, 2.75) is 40.7 Å². The zero-order chi connectivity index (χ0) is 22.1. The van der Waals surface area contributed by atoms with E-state index in [2.05, 4.69) is 25.8 Å². The van der Waals surface area contributed by atoms with Gasteiger partial charge in [-0.3, -0.25) is 0 Å². The van der Waals surface area contributed by atoms with Crippen LogP contribution in [-0.4, -0.2) is 49.3 Å². The maximum absolute atomic E-state index is 12.3. The first kappa shape index (κ1) is 23.3. The summed E-state index contributed by atoms with van der Waals surface area (Å²) in [5.41, 5.74) is 3.36. The molecular weight excluding hydrogens is 406 g/mol. The number of nitrogens with zero attached hydrogens (tertiary/aromatic N) is 7. The first-order valence-corrected chi connectivity index (χ1v) is 10.8. The van der Waals surface area contributed by atoms with Crippen molar-refractivity contribution in [1.82, 2.24) is 19.8 Å². The largest absolute Gasteiger partial charge is 0.475 e. The Kier molecular flexibility index (Phi) is 8.78. The molecule has 0 aliphatic rings. The average molecular weight is 434 g/mol. The zero-order valence-electron chi connectivity index (χ0n) is 18.1. The van der Waals surface area contributed by atoms with Gasteiger partial charge in [-0.1, -0.05) is 24.2 Å². The van der Waals surface area contributed by atoms with Gasteiger partial charge < -0.3 is 9.57 Å². The Labute approximate surface area is 179 Å². The van der Waals surface area contributed by atoms with E-state index in [1.54, 1.807) is 27.0 Å². The lowest BCUT2D eigenvalue weighted by Crippen LogP contribution is -2.23. The fourth-order valence-corrected chi connectivity index (χ4v) is 2.50. The summed E-state index contributed by atoms with van der Waals surface area (Å²) in [6.07, 6.45) is 2.49. The molecule has 0 radical (unpaired) electrons. The fourth-order valence-electron chi connectivity index (χ4n) is 2.34. The molecular formula is C19H27N7O3S. The maximum atomic E-state index is 12.3. The van der Waals surface area contributed by atoms with Gasteiger partial charge in [-0.15, -0.1) is 16.9 Å². The van der Waals surface area contributed by atoms with E-state index >= 15 is 0 Å². The minimum atomic E-state index is -0.329. The number of thioether (sulfide) groups is 1. The summed E-state index contributed by atoms with van der Waals surface area (Å²) in [6.45, 7) is 7.70. The minimum absolute atomic E-state index is 0.218. The zero-order valence-corrected chi connectivity index (χ0v) is 18.9. The second-order valence-corrected chi connectivity index (χ2v) is 7.22. The SMILES string of the molecule is CC\C(=N/N=C(C)/C(C)=N/OCSC)OCc1c(C)cccc1-n1nnn(C)c1=O. The molecule has 0 unspecified atom stereocenters. The molecule has 0 bridgehead atoms. The molecule has 162 valence electrons. The molecule has 0 aliphatic carbocycles. The van der Waals surface area contributed by atoms with Crippen molar-refractivity contribution in [3.8, 4) is 5.69 Å². The third-order valence-corrected chi connectivity index (χ3v) is 4.57. The molecule has 0 amide bonds. The summed E-state index contributed by atoms with van der Waals surface area (Å²) in [4.78, 5) is 17.4. The summed E-state index contributed by atoms with van der Waals surface area (Å²) < 4.78 is 8.33. The van der Waals surface area contributed by atoms with Crippen LogP contribution in [0.3, 0.4) is 0 Å². The second-order valence-electron chi connectivity index (χ2n) is 6.40. The molecule has 2 aromatic rings. The van der Waals surface area contributed by atoms with E-state index in [-0.39, 0.29) is 12.3 Å². The summed E-state index contributed by atoms with van der Waals surface area (Å²) in [5.74, 6) is 0.943. The van der Waals surface area contributed by atoms with Crippen LogP contribution in [0.4, 0.5) is 0 Å². The van der Waals surface area contributed by atoms with Gasteiger partial charge in [-0.2, -0.15) is 14.5 Å². The number of rotatable bonds is 9. The summed E-state index contributed by atoms with van der Waals surface area (Å²) in [5, 5.41) is 20.1. The third kappa shape index (κ3) is 6.02. The highest BCUT2D eigenvalue weighted by molar-refractivity contribution is 7.98. The predicted octanol–water partition coefficient (Wildman–Crippen LogP) is 2.69. The van der Waals surface area contributed by atoms with Gasteiger partial charge in [0.1, 0.15) is 6.61 Å². The van der Waals surface area contributed by atoms with Gasteiger partial charge in [0.2, 0.25) is 5.90 Å². The fraction of sp³-hybridized carbons (Fsp3) is 0.474. The smallest absolute Gasteiger partial charge is 0.368 e.